The van der Waals surface area contributed by atoms with Crippen LogP contribution in [0.25, 0.3) is 0 Å². The van der Waals surface area contributed by atoms with Gasteiger partial charge in [-0.25, -0.2) is 9.18 Å². The summed E-state index contributed by atoms with van der Waals surface area (Å²) in [6.45, 7) is 0.660. The van der Waals surface area contributed by atoms with Crippen molar-refractivity contribution in [3.8, 4) is 0 Å². The maximum absolute atomic E-state index is 13.9. The second-order valence-electron chi connectivity index (χ2n) is 4.63. The molecule has 0 bridgehead atoms. The molecule has 2 rings (SSSR count). The average molecular weight is 273 g/mol. The minimum atomic E-state index is -1.12. The lowest BCUT2D eigenvalue weighted by atomic mass is 10.1. The van der Waals surface area contributed by atoms with Crippen LogP contribution in [0.15, 0.2) is 48.5 Å². The molecule has 0 aliphatic carbocycles. The van der Waals surface area contributed by atoms with Crippen LogP contribution in [-0.2, 0) is 6.42 Å². The van der Waals surface area contributed by atoms with Gasteiger partial charge in [0.1, 0.15) is 5.82 Å². The SMILES string of the molecule is CN(CCc1ccccc1)c1ccc(C(=O)O)cc1F. The zero-order chi connectivity index (χ0) is 14.5. The first kappa shape index (κ1) is 14.1. The molecular formula is C16H16FNO2. The summed E-state index contributed by atoms with van der Waals surface area (Å²) >= 11 is 0. The number of likely N-dealkylation sites (N-methyl/N-ethyl adjacent to an activating group) is 1. The van der Waals surface area contributed by atoms with Gasteiger partial charge in [0.25, 0.3) is 0 Å². The number of carboxylic acids is 1. The third-order valence-corrected chi connectivity index (χ3v) is 3.18. The summed E-state index contributed by atoms with van der Waals surface area (Å²) in [7, 11) is 1.79. The minimum Gasteiger partial charge on any atom is -0.478 e. The molecule has 0 radical (unpaired) electrons. The molecule has 1 N–H and O–H groups in total. The Hall–Kier alpha value is -2.36. The minimum absolute atomic E-state index is 0.0392. The van der Waals surface area contributed by atoms with Crippen LogP contribution in [0.3, 0.4) is 0 Å². The number of benzene rings is 2. The largest absolute Gasteiger partial charge is 0.478 e. The predicted molar refractivity (Wildman–Crippen MR) is 76.8 cm³/mol. The van der Waals surface area contributed by atoms with E-state index < -0.39 is 11.8 Å². The molecule has 0 fully saturated rings. The van der Waals surface area contributed by atoms with Gasteiger partial charge in [0.05, 0.1) is 11.3 Å². The van der Waals surface area contributed by atoms with Crippen molar-refractivity contribution in [1.29, 1.82) is 0 Å². The standard InChI is InChI=1S/C16H16FNO2/c1-18(10-9-12-5-3-2-4-6-12)15-8-7-13(16(19)20)11-14(15)17/h2-8,11H,9-10H2,1H3,(H,19,20). The molecule has 2 aromatic rings. The summed E-state index contributed by atoms with van der Waals surface area (Å²) in [5.74, 6) is -1.64. The number of rotatable bonds is 5. The topological polar surface area (TPSA) is 40.5 Å². The number of anilines is 1. The highest BCUT2D eigenvalue weighted by atomic mass is 19.1. The number of halogens is 1. The van der Waals surface area contributed by atoms with Crippen LogP contribution in [0.5, 0.6) is 0 Å². The monoisotopic (exact) mass is 273 g/mol. The summed E-state index contributed by atoms with van der Waals surface area (Å²) in [6.07, 6.45) is 0.803. The normalized spacial score (nSPS) is 10.3. The van der Waals surface area contributed by atoms with E-state index in [-0.39, 0.29) is 5.56 Å². The predicted octanol–water partition coefficient (Wildman–Crippen LogP) is 3.20. The fourth-order valence-corrected chi connectivity index (χ4v) is 2.01. The first-order valence-corrected chi connectivity index (χ1v) is 6.36. The molecule has 0 heterocycles. The van der Waals surface area contributed by atoms with Crippen molar-refractivity contribution < 1.29 is 14.3 Å². The number of aromatic carboxylic acids is 1. The Morgan fingerprint density at radius 1 is 1.20 bits per heavy atom. The fourth-order valence-electron chi connectivity index (χ4n) is 2.01. The van der Waals surface area contributed by atoms with Crippen LogP contribution < -0.4 is 4.90 Å². The lowest BCUT2D eigenvalue weighted by molar-refractivity contribution is 0.0696. The average Bonchev–Trinajstić information content (AvgIpc) is 2.45. The molecule has 20 heavy (non-hydrogen) atoms. The molecule has 0 saturated carbocycles. The van der Waals surface area contributed by atoms with Crippen LogP contribution >= 0.6 is 0 Å². The van der Waals surface area contributed by atoms with Crippen LogP contribution in [-0.4, -0.2) is 24.7 Å². The molecule has 0 aliphatic rings. The summed E-state index contributed by atoms with van der Waals surface area (Å²) in [4.78, 5) is 12.6. The van der Waals surface area contributed by atoms with Gasteiger partial charge in [-0.2, -0.15) is 0 Å². The zero-order valence-corrected chi connectivity index (χ0v) is 11.2. The maximum atomic E-state index is 13.9. The lowest BCUT2D eigenvalue weighted by Crippen LogP contribution is -2.21. The van der Waals surface area contributed by atoms with Crippen LogP contribution in [0, 0.1) is 5.82 Å². The molecule has 4 heteroatoms. The molecule has 0 amide bonds. The summed E-state index contributed by atoms with van der Waals surface area (Å²) in [5.41, 5.74) is 1.55. The van der Waals surface area contributed by atoms with Crippen molar-refractivity contribution in [2.24, 2.45) is 0 Å². The van der Waals surface area contributed by atoms with Crippen molar-refractivity contribution in [3.63, 3.8) is 0 Å². The second kappa shape index (κ2) is 6.19. The Labute approximate surface area is 117 Å². The molecular weight excluding hydrogens is 257 g/mol. The van der Waals surface area contributed by atoms with Gasteiger partial charge in [-0.3, -0.25) is 0 Å². The van der Waals surface area contributed by atoms with Crippen LogP contribution in [0.1, 0.15) is 15.9 Å². The summed E-state index contributed by atoms with van der Waals surface area (Å²) in [5, 5.41) is 8.81. The van der Waals surface area contributed by atoms with Gasteiger partial charge >= 0.3 is 5.97 Å². The van der Waals surface area contributed by atoms with Crippen molar-refractivity contribution in [3.05, 3.63) is 65.5 Å². The van der Waals surface area contributed by atoms with E-state index in [1.54, 1.807) is 11.9 Å². The van der Waals surface area contributed by atoms with Crippen molar-refractivity contribution >= 4 is 11.7 Å². The van der Waals surface area contributed by atoms with Crippen LogP contribution in [0.2, 0.25) is 0 Å². The van der Waals surface area contributed by atoms with Gasteiger partial charge in [-0.1, -0.05) is 30.3 Å². The first-order valence-electron chi connectivity index (χ1n) is 6.36. The molecule has 0 aromatic heterocycles. The van der Waals surface area contributed by atoms with Gasteiger partial charge in [-0.05, 0) is 30.2 Å². The smallest absolute Gasteiger partial charge is 0.335 e. The van der Waals surface area contributed by atoms with Gasteiger partial charge in [0.2, 0.25) is 0 Å². The third-order valence-electron chi connectivity index (χ3n) is 3.18. The van der Waals surface area contributed by atoms with E-state index in [9.17, 15) is 9.18 Å². The van der Waals surface area contributed by atoms with Crippen molar-refractivity contribution in [2.75, 3.05) is 18.5 Å². The van der Waals surface area contributed by atoms with E-state index in [1.165, 1.54) is 17.7 Å². The molecule has 0 spiro atoms. The van der Waals surface area contributed by atoms with Gasteiger partial charge < -0.3 is 10.0 Å². The number of carbonyl (C=O) groups is 1. The zero-order valence-electron chi connectivity index (χ0n) is 11.2. The van der Waals surface area contributed by atoms with Gasteiger partial charge in [-0.15, -0.1) is 0 Å². The van der Waals surface area contributed by atoms with E-state index in [2.05, 4.69) is 0 Å². The van der Waals surface area contributed by atoms with E-state index in [4.69, 9.17) is 5.11 Å². The number of nitrogens with zero attached hydrogens (tertiary/aromatic N) is 1. The molecule has 104 valence electrons. The first-order chi connectivity index (χ1) is 9.58. The number of carboxylic acid groups (broad SMARTS) is 1. The molecule has 2 aromatic carbocycles. The van der Waals surface area contributed by atoms with E-state index in [1.807, 2.05) is 30.3 Å². The highest BCUT2D eigenvalue weighted by Crippen LogP contribution is 2.19. The molecule has 0 unspecified atom stereocenters. The Morgan fingerprint density at radius 3 is 2.50 bits per heavy atom. The van der Waals surface area contributed by atoms with Crippen molar-refractivity contribution in [1.82, 2.24) is 0 Å². The Balaban J connectivity index is 2.06. The highest BCUT2D eigenvalue weighted by molar-refractivity contribution is 5.88. The second-order valence-corrected chi connectivity index (χ2v) is 4.63. The lowest BCUT2D eigenvalue weighted by Gasteiger charge is -2.20. The van der Waals surface area contributed by atoms with Gasteiger partial charge in [0.15, 0.2) is 0 Å². The highest BCUT2D eigenvalue weighted by Gasteiger charge is 2.11. The van der Waals surface area contributed by atoms with Crippen LogP contribution in [0.4, 0.5) is 10.1 Å². The van der Waals surface area contributed by atoms with Gasteiger partial charge in [0, 0.05) is 13.6 Å². The van der Waals surface area contributed by atoms with Crippen molar-refractivity contribution in [2.45, 2.75) is 6.42 Å². The van der Waals surface area contributed by atoms with E-state index >= 15 is 0 Å². The molecule has 0 saturated heterocycles. The quantitative estimate of drug-likeness (QED) is 0.909. The molecule has 3 nitrogen and oxygen atoms in total. The summed E-state index contributed by atoms with van der Waals surface area (Å²) < 4.78 is 13.9. The Morgan fingerprint density at radius 2 is 1.90 bits per heavy atom. The Bertz CT molecular complexity index is 599. The molecule has 0 aliphatic heterocycles. The summed E-state index contributed by atoms with van der Waals surface area (Å²) in [6, 6.07) is 13.9. The Kier molecular flexibility index (Phi) is 4.35. The van der Waals surface area contributed by atoms with E-state index in [0.29, 0.717) is 12.2 Å². The number of hydrogen-bond donors (Lipinski definition) is 1. The molecule has 0 atom stereocenters. The maximum Gasteiger partial charge on any atom is 0.335 e. The van der Waals surface area contributed by atoms with E-state index in [0.717, 1.165) is 12.5 Å². The fraction of sp³-hybridized carbons (Fsp3) is 0.188. The third kappa shape index (κ3) is 3.35. The number of hydrogen-bond acceptors (Lipinski definition) is 2.